The van der Waals surface area contributed by atoms with E-state index in [1.54, 1.807) is 6.33 Å². The van der Waals surface area contributed by atoms with E-state index in [0.717, 1.165) is 16.8 Å². The highest BCUT2D eigenvalue weighted by Crippen LogP contribution is 2.20. The molecule has 0 spiro atoms. The van der Waals surface area contributed by atoms with Crippen LogP contribution >= 0.6 is 11.6 Å². The zero-order chi connectivity index (χ0) is 12.4. The Hall–Kier alpha value is -2.14. The second kappa shape index (κ2) is 4.62. The summed E-state index contributed by atoms with van der Waals surface area (Å²) in [4.78, 5) is 15.4. The van der Waals surface area contributed by atoms with Crippen molar-refractivity contribution in [3.63, 3.8) is 0 Å². The molecule has 2 aromatic heterocycles. The highest BCUT2D eigenvalue weighted by Gasteiger charge is 2.05. The lowest BCUT2D eigenvalue weighted by Crippen LogP contribution is -1.95. The van der Waals surface area contributed by atoms with E-state index in [4.69, 9.17) is 11.6 Å². The Morgan fingerprint density at radius 3 is 2.72 bits per heavy atom. The first-order chi connectivity index (χ1) is 8.86. The summed E-state index contributed by atoms with van der Waals surface area (Å²) < 4.78 is 0. The van der Waals surface area contributed by atoms with E-state index in [2.05, 4.69) is 25.3 Å². The molecule has 0 bridgehead atoms. The maximum Gasteiger partial charge on any atom is 0.182 e. The van der Waals surface area contributed by atoms with Crippen LogP contribution in [0.25, 0.3) is 11.2 Å². The molecule has 6 heteroatoms. The molecule has 0 saturated heterocycles. The fourth-order valence-corrected chi connectivity index (χ4v) is 1.85. The summed E-state index contributed by atoms with van der Waals surface area (Å²) in [5.41, 5.74) is 3.46. The molecule has 0 fully saturated rings. The van der Waals surface area contributed by atoms with Crippen molar-refractivity contribution < 1.29 is 0 Å². The minimum Gasteiger partial charge on any atom is -0.340 e. The minimum atomic E-state index is 0.512. The third-order valence-corrected chi connectivity index (χ3v) is 2.90. The van der Waals surface area contributed by atoms with Crippen molar-refractivity contribution in [1.29, 1.82) is 0 Å². The maximum atomic E-state index is 5.75. The molecule has 2 N–H and O–H groups in total. The van der Waals surface area contributed by atoms with E-state index in [1.165, 1.54) is 6.33 Å². The van der Waals surface area contributed by atoms with Crippen LogP contribution in [0, 0.1) is 0 Å². The van der Waals surface area contributed by atoms with Gasteiger partial charge in [0.15, 0.2) is 11.5 Å². The predicted octanol–water partition coefficient (Wildman–Crippen LogP) is 2.84. The summed E-state index contributed by atoms with van der Waals surface area (Å²) in [6, 6.07) is 7.87. The van der Waals surface area contributed by atoms with Gasteiger partial charge in [-0.1, -0.05) is 12.1 Å². The van der Waals surface area contributed by atoms with E-state index >= 15 is 0 Å². The molecule has 0 aliphatic carbocycles. The van der Waals surface area contributed by atoms with Crippen molar-refractivity contribution in [1.82, 2.24) is 19.9 Å². The lowest BCUT2D eigenvalue weighted by atomic mass is 10.2. The SMILES string of the molecule is ClCc1ccc(Nc2ncnc3nc[nH]c23)cc1. The second-order valence-electron chi connectivity index (χ2n) is 3.78. The van der Waals surface area contributed by atoms with Gasteiger partial charge >= 0.3 is 0 Å². The number of alkyl halides is 1. The molecule has 2 heterocycles. The van der Waals surface area contributed by atoms with Crippen LogP contribution < -0.4 is 5.32 Å². The van der Waals surface area contributed by atoms with Crippen LogP contribution in [-0.4, -0.2) is 19.9 Å². The first-order valence-electron chi connectivity index (χ1n) is 5.43. The molecular weight excluding hydrogens is 250 g/mol. The van der Waals surface area contributed by atoms with Gasteiger partial charge < -0.3 is 10.3 Å². The van der Waals surface area contributed by atoms with Gasteiger partial charge in [-0.25, -0.2) is 15.0 Å². The quantitative estimate of drug-likeness (QED) is 0.710. The van der Waals surface area contributed by atoms with Gasteiger partial charge in [0.2, 0.25) is 0 Å². The number of H-pyrrole nitrogens is 1. The highest BCUT2D eigenvalue weighted by atomic mass is 35.5. The summed E-state index contributed by atoms with van der Waals surface area (Å²) in [6.07, 6.45) is 3.08. The Morgan fingerprint density at radius 2 is 1.94 bits per heavy atom. The first kappa shape index (κ1) is 11.0. The number of aromatic amines is 1. The maximum absolute atomic E-state index is 5.75. The molecule has 3 rings (SSSR count). The summed E-state index contributed by atoms with van der Waals surface area (Å²) >= 11 is 5.75. The van der Waals surface area contributed by atoms with Gasteiger partial charge in [-0.3, -0.25) is 0 Å². The molecule has 0 aliphatic rings. The predicted molar refractivity (Wildman–Crippen MR) is 71.0 cm³/mol. The second-order valence-corrected chi connectivity index (χ2v) is 4.05. The fraction of sp³-hybridized carbons (Fsp3) is 0.0833. The van der Waals surface area contributed by atoms with Crippen molar-refractivity contribution in [2.24, 2.45) is 0 Å². The van der Waals surface area contributed by atoms with Crippen LogP contribution in [0.3, 0.4) is 0 Å². The van der Waals surface area contributed by atoms with Gasteiger partial charge in [0.25, 0.3) is 0 Å². The number of imidazole rings is 1. The number of hydrogen-bond donors (Lipinski definition) is 2. The molecule has 3 aromatic rings. The van der Waals surface area contributed by atoms with Crippen molar-refractivity contribution >= 4 is 34.3 Å². The largest absolute Gasteiger partial charge is 0.340 e. The topological polar surface area (TPSA) is 66.5 Å². The fourth-order valence-electron chi connectivity index (χ4n) is 1.67. The summed E-state index contributed by atoms with van der Waals surface area (Å²) in [7, 11) is 0. The highest BCUT2D eigenvalue weighted by molar-refractivity contribution is 6.17. The molecule has 90 valence electrons. The molecule has 5 nitrogen and oxygen atoms in total. The number of anilines is 2. The third-order valence-electron chi connectivity index (χ3n) is 2.59. The molecule has 0 saturated carbocycles. The van der Waals surface area contributed by atoms with Gasteiger partial charge in [0.05, 0.1) is 6.33 Å². The van der Waals surface area contributed by atoms with E-state index in [0.29, 0.717) is 17.3 Å². The monoisotopic (exact) mass is 259 g/mol. The van der Waals surface area contributed by atoms with Crippen LogP contribution in [0.4, 0.5) is 11.5 Å². The van der Waals surface area contributed by atoms with Crippen molar-refractivity contribution in [3.8, 4) is 0 Å². The minimum absolute atomic E-state index is 0.512. The molecule has 0 atom stereocenters. The summed E-state index contributed by atoms with van der Waals surface area (Å²) in [5, 5.41) is 3.22. The summed E-state index contributed by atoms with van der Waals surface area (Å²) in [5.74, 6) is 1.22. The Morgan fingerprint density at radius 1 is 1.11 bits per heavy atom. The standard InChI is InChI=1S/C12H10ClN5/c13-5-8-1-3-9(4-2-8)18-12-10-11(15-6-14-10)16-7-17-12/h1-4,6-7H,5H2,(H2,14,15,16,17,18). The van der Waals surface area contributed by atoms with Crippen molar-refractivity contribution in [3.05, 3.63) is 42.5 Å². The lowest BCUT2D eigenvalue weighted by Gasteiger charge is -2.06. The van der Waals surface area contributed by atoms with E-state index in [-0.39, 0.29) is 0 Å². The molecule has 0 aliphatic heterocycles. The number of nitrogens with zero attached hydrogens (tertiary/aromatic N) is 3. The van der Waals surface area contributed by atoms with Crippen LogP contribution in [0.5, 0.6) is 0 Å². The smallest absolute Gasteiger partial charge is 0.182 e. The number of fused-ring (bicyclic) bond motifs is 1. The van der Waals surface area contributed by atoms with Crippen LogP contribution in [0.15, 0.2) is 36.9 Å². The molecule has 0 amide bonds. The number of benzene rings is 1. The van der Waals surface area contributed by atoms with E-state index in [1.807, 2.05) is 24.3 Å². The zero-order valence-corrected chi connectivity index (χ0v) is 10.1. The van der Waals surface area contributed by atoms with Gasteiger partial charge in [0.1, 0.15) is 11.8 Å². The van der Waals surface area contributed by atoms with E-state index in [9.17, 15) is 0 Å². The van der Waals surface area contributed by atoms with Gasteiger partial charge in [0, 0.05) is 11.6 Å². The Labute approximate surface area is 108 Å². The average Bonchev–Trinajstić information content (AvgIpc) is 2.89. The number of nitrogens with one attached hydrogen (secondary N) is 2. The lowest BCUT2D eigenvalue weighted by molar-refractivity contribution is 1.20. The number of aromatic nitrogens is 4. The van der Waals surface area contributed by atoms with Crippen LogP contribution in [-0.2, 0) is 5.88 Å². The van der Waals surface area contributed by atoms with Gasteiger partial charge in [-0.2, -0.15) is 0 Å². The van der Waals surface area contributed by atoms with E-state index < -0.39 is 0 Å². The van der Waals surface area contributed by atoms with Crippen LogP contribution in [0.1, 0.15) is 5.56 Å². The number of hydrogen-bond acceptors (Lipinski definition) is 4. The molecule has 1 aromatic carbocycles. The normalized spacial score (nSPS) is 10.7. The average molecular weight is 260 g/mol. The number of rotatable bonds is 3. The van der Waals surface area contributed by atoms with Crippen LogP contribution in [0.2, 0.25) is 0 Å². The Bertz CT molecular complexity index is 662. The Balaban J connectivity index is 1.93. The third kappa shape index (κ3) is 2.00. The molecule has 18 heavy (non-hydrogen) atoms. The molecule has 0 unspecified atom stereocenters. The molecular formula is C12H10ClN5. The zero-order valence-electron chi connectivity index (χ0n) is 9.39. The van der Waals surface area contributed by atoms with Crippen molar-refractivity contribution in [2.75, 3.05) is 5.32 Å². The van der Waals surface area contributed by atoms with Gasteiger partial charge in [-0.15, -0.1) is 11.6 Å². The Kier molecular flexibility index (Phi) is 2.82. The summed E-state index contributed by atoms with van der Waals surface area (Å²) in [6.45, 7) is 0. The first-order valence-corrected chi connectivity index (χ1v) is 5.96. The molecule has 0 radical (unpaired) electrons. The van der Waals surface area contributed by atoms with Crippen molar-refractivity contribution in [2.45, 2.75) is 5.88 Å². The van der Waals surface area contributed by atoms with Gasteiger partial charge in [-0.05, 0) is 17.7 Å². The number of halogens is 1.